The Balaban J connectivity index is 1.81. The van der Waals surface area contributed by atoms with E-state index in [4.69, 9.17) is 9.47 Å². The maximum atomic E-state index is 13.3. The topological polar surface area (TPSA) is 129 Å². The van der Waals surface area contributed by atoms with Crippen LogP contribution in [0.4, 0.5) is 5.69 Å². The lowest BCUT2D eigenvalue weighted by molar-refractivity contribution is -0.134. The van der Waals surface area contributed by atoms with E-state index < -0.39 is 22.2 Å². The van der Waals surface area contributed by atoms with Crippen molar-refractivity contribution in [2.75, 3.05) is 71.2 Å². The number of anilines is 1. The Kier molecular flexibility index (Phi) is 10.3. The summed E-state index contributed by atoms with van der Waals surface area (Å²) < 4.78 is 37.0. The maximum Gasteiger partial charge on any atom is 0.227 e. The third-order valence-electron chi connectivity index (χ3n) is 6.96. The van der Waals surface area contributed by atoms with Gasteiger partial charge in [-0.05, 0) is 25.1 Å². The molecule has 0 radical (unpaired) electrons. The minimum atomic E-state index is -3.44. The Bertz CT molecular complexity index is 1050. The number of hydrogen-bond acceptors (Lipinski definition) is 8. The molecule has 208 valence electrons. The van der Waals surface area contributed by atoms with E-state index in [1.807, 2.05) is 6.92 Å². The van der Waals surface area contributed by atoms with Gasteiger partial charge in [-0.2, -0.15) is 0 Å². The van der Waals surface area contributed by atoms with Crippen LogP contribution in [-0.4, -0.2) is 117 Å². The molecular weight excluding hydrogens is 500 g/mol. The summed E-state index contributed by atoms with van der Waals surface area (Å²) in [4.78, 5) is 29.7. The molecule has 2 heterocycles. The SMILES string of the molecule is C[C@H](CO)N1C[C@H](C)[C@@H](CN(C)S(C)(=O)=O)Oc2ccc(NC(=O)CCN3CCOCC3)cc2CC1=O. The lowest BCUT2D eigenvalue weighted by Gasteiger charge is -2.33. The minimum Gasteiger partial charge on any atom is -0.488 e. The lowest BCUT2D eigenvalue weighted by Crippen LogP contribution is -2.48. The summed E-state index contributed by atoms with van der Waals surface area (Å²) in [6, 6.07) is 4.76. The molecule has 2 N–H and O–H groups in total. The van der Waals surface area contributed by atoms with Crippen molar-refractivity contribution in [3.8, 4) is 5.75 Å². The van der Waals surface area contributed by atoms with Crippen LogP contribution >= 0.6 is 0 Å². The van der Waals surface area contributed by atoms with Gasteiger partial charge in [-0.15, -0.1) is 0 Å². The average Bonchev–Trinajstić information content (AvgIpc) is 2.90. The van der Waals surface area contributed by atoms with Crippen LogP contribution < -0.4 is 10.1 Å². The van der Waals surface area contributed by atoms with Crippen molar-refractivity contribution in [1.82, 2.24) is 14.1 Å². The van der Waals surface area contributed by atoms with Crippen molar-refractivity contribution in [3.05, 3.63) is 23.8 Å². The smallest absolute Gasteiger partial charge is 0.227 e. The number of carbonyl (C=O) groups excluding carboxylic acids is 2. The van der Waals surface area contributed by atoms with Crippen molar-refractivity contribution in [2.45, 2.75) is 38.8 Å². The number of benzene rings is 1. The molecule has 1 aromatic rings. The van der Waals surface area contributed by atoms with Gasteiger partial charge in [0.2, 0.25) is 21.8 Å². The first-order valence-electron chi connectivity index (χ1n) is 12.7. The molecule has 1 aromatic carbocycles. The molecule has 0 aliphatic carbocycles. The monoisotopic (exact) mass is 540 g/mol. The highest BCUT2D eigenvalue weighted by Gasteiger charge is 2.32. The quantitative estimate of drug-likeness (QED) is 0.460. The largest absolute Gasteiger partial charge is 0.488 e. The molecule has 2 amide bonds. The van der Waals surface area contributed by atoms with Gasteiger partial charge in [-0.3, -0.25) is 14.5 Å². The van der Waals surface area contributed by atoms with Crippen LogP contribution in [0.15, 0.2) is 18.2 Å². The summed E-state index contributed by atoms with van der Waals surface area (Å²) in [6.45, 7) is 7.49. The number of ether oxygens (including phenoxy) is 2. The molecule has 1 saturated heterocycles. The third kappa shape index (κ3) is 8.37. The van der Waals surface area contributed by atoms with Crippen molar-refractivity contribution in [2.24, 2.45) is 5.92 Å². The fourth-order valence-electron chi connectivity index (χ4n) is 4.42. The highest BCUT2D eigenvalue weighted by atomic mass is 32.2. The van der Waals surface area contributed by atoms with Gasteiger partial charge in [0.1, 0.15) is 11.9 Å². The van der Waals surface area contributed by atoms with Gasteiger partial charge >= 0.3 is 0 Å². The van der Waals surface area contributed by atoms with Gasteiger partial charge in [0.15, 0.2) is 0 Å². The average molecular weight is 541 g/mol. The number of morpholine rings is 1. The number of fused-ring (bicyclic) bond motifs is 1. The van der Waals surface area contributed by atoms with E-state index in [-0.39, 0.29) is 37.3 Å². The number of nitrogens with zero attached hydrogens (tertiary/aromatic N) is 3. The number of hydrogen-bond donors (Lipinski definition) is 2. The summed E-state index contributed by atoms with van der Waals surface area (Å²) in [6.07, 6.45) is 0.967. The van der Waals surface area contributed by atoms with E-state index in [1.165, 1.54) is 11.4 Å². The molecule has 12 heteroatoms. The van der Waals surface area contributed by atoms with Crippen LogP contribution in [0.1, 0.15) is 25.8 Å². The molecule has 0 unspecified atom stereocenters. The van der Waals surface area contributed by atoms with Gasteiger partial charge in [-0.25, -0.2) is 12.7 Å². The number of sulfonamides is 1. The minimum absolute atomic E-state index is 0.0263. The first-order valence-corrected chi connectivity index (χ1v) is 14.5. The van der Waals surface area contributed by atoms with E-state index in [2.05, 4.69) is 10.2 Å². The van der Waals surface area contributed by atoms with Crippen LogP contribution in [0.25, 0.3) is 0 Å². The first kappa shape index (κ1) is 29.3. The molecule has 1 fully saturated rings. The highest BCUT2D eigenvalue weighted by Crippen LogP contribution is 2.29. The lowest BCUT2D eigenvalue weighted by atomic mass is 10.0. The van der Waals surface area contributed by atoms with E-state index in [9.17, 15) is 23.1 Å². The van der Waals surface area contributed by atoms with Gasteiger partial charge in [0.25, 0.3) is 0 Å². The molecule has 11 nitrogen and oxygen atoms in total. The normalized spacial score (nSPS) is 22.4. The molecule has 0 bridgehead atoms. The summed E-state index contributed by atoms with van der Waals surface area (Å²) >= 11 is 0. The molecule has 3 rings (SSSR count). The molecule has 0 saturated carbocycles. The Morgan fingerprint density at radius 1 is 1.30 bits per heavy atom. The summed E-state index contributed by atoms with van der Waals surface area (Å²) in [5, 5.41) is 12.7. The van der Waals surface area contributed by atoms with Crippen LogP contribution in [0, 0.1) is 5.92 Å². The molecule has 3 atom stereocenters. The number of amides is 2. The fourth-order valence-corrected chi connectivity index (χ4v) is 4.84. The van der Waals surface area contributed by atoms with Crippen LogP contribution in [-0.2, 0) is 30.8 Å². The van der Waals surface area contributed by atoms with Gasteiger partial charge in [-0.1, -0.05) is 6.92 Å². The van der Waals surface area contributed by atoms with Gasteiger partial charge in [0.05, 0.1) is 45.1 Å². The predicted molar refractivity (Wildman–Crippen MR) is 140 cm³/mol. The molecule has 37 heavy (non-hydrogen) atoms. The molecule has 0 aromatic heterocycles. The molecule has 2 aliphatic rings. The number of rotatable bonds is 9. The van der Waals surface area contributed by atoms with Crippen LogP contribution in [0.3, 0.4) is 0 Å². The Hall–Kier alpha value is -2.25. The predicted octanol–water partition coefficient (Wildman–Crippen LogP) is 0.388. The fraction of sp³-hybridized carbons (Fsp3) is 0.680. The zero-order chi connectivity index (χ0) is 27.2. The van der Waals surface area contributed by atoms with Crippen LogP contribution in [0.2, 0.25) is 0 Å². The molecule has 0 spiro atoms. The zero-order valence-corrected chi connectivity index (χ0v) is 23.0. The van der Waals surface area contributed by atoms with Crippen molar-refractivity contribution < 1.29 is 32.6 Å². The summed E-state index contributed by atoms with van der Waals surface area (Å²) in [5.41, 5.74) is 1.15. The van der Waals surface area contributed by atoms with Gasteiger partial charge < -0.3 is 24.8 Å². The second kappa shape index (κ2) is 13.0. The number of carbonyl (C=O) groups is 2. The zero-order valence-electron chi connectivity index (χ0n) is 22.2. The Morgan fingerprint density at radius 3 is 2.65 bits per heavy atom. The van der Waals surface area contributed by atoms with E-state index in [0.29, 0.717) is 49.7 Å². The molecular formula is C25H40N4O7S. The maximum absolute atomic E-state index is 13.3. The second-order valence-corrected chi connectivity index (χ2v) is 12.1. The van der Waals surface area contributed by atoms with E-state index in [1.54, 1.807) is 30.0 Å². The standard InChI is InChI=1S/C25H40N4O7S/c1-18-15-29(19(2)17-30)25(32)14-20-13-21(26-24(31)7-8-28-9-11-35-12-10-28)5-6-22(20)36-23(18)16-27(3)37(4,33)34/h5-6,13,18-19,23,30H,7-12,14-17H2,1-4H3,(H,26,31)/t18-,19+,23+/m0/s1. The second-order valence-electron chi connectivity index (χ2n) is 10.0. The Morgan fingerprint density at radius 2 is 2.00 bits per heavy atom. The first-order chi connectivity index (χ1) is 17.5. The number of aliphatic hydroxyl groups is 1. The number of likely N-dealkylation sites (N-methyl/N-ethyl adjacent to an activating group) is 1. The van der Waals surface area contributed by atoms with Crippen molar-refractivity contribution >= 4 is 27.5 Å². The Labute approximate surface area is 219 Å². The summed E-state index contributed by atoms with van der Waals surface area (Å²) in [7, 11) is -1.94. The third-order valence-corrected chi connectivity index (χ3v) is 8.24. The summed E-state index contributed by atoms with van der Waals surface area (Å²) in [5.74, 6) is -0.0469. The van der Waals surface area contributed by atoms with Crippen molar-refractivity contribution in [1.29, 1.82) is 0 Å². The number of aliphatic hydroxyl groups excluding tert-OH is 1. The van der Waals surface area contributed by atoms with Crippen molar-refractivity contribution in [3.63, 3.8) is 0 Å². The number of nitrogens with one attached hydrogen (secondary N) is 1. The highest BCUT2D eigenvalue weighted by molar-refractivity contribution is 7.88. The van der Waals surface area contributed by atoms with Crippen LogP contribution in [0.5, 0.6) is 5.75 Å². The van der Waals surface area contributed by atoms with E-state index in [0.717, 1.165) is 19.3 Å². The molecule has 2 aliphatic heterocycles. The van der Waals surface area contributed by atoms with E-state index >= 15 is 0 Å². The van der Waals surface area contributed by atoms with Gasteiger partial charge in [0, 0.05) is 56.8 Å².